The Bertz CT molecular complexity index is 1490. The Balaban J connectivity index is 1.59. The second-order valence-electron chi connectivity index (χ2n) is 12.0. The van der Waals surface area contributed by atoms with Crippen LogP contribution in [0.2, 0.25) is 0 Å². The maximum absolute atomic E-state index is 13.6. The molecular formula is C31H42N6O4. The zero-order valence-corrected chi connectivity index (χ0v) is 25.4. The maximum atomic E-state index is 13.6. The highest BCUT2D eigenvalue weighted by Crippen LogP contribution is 2.33. The topological polar surface area (TPSA) is 113 Å². The number of anilines is 1. The van der Waals surface area contributed by atoms with Gasteiger partial charge in [-0.2, -0.15) is 5.10 Å². The SMILES string of the molecule is Cc1cc(C)c(CNC(=O)c2cc(-c3cnn(C)c3)cc(N(C)C3CCN(C(=O)OC(C)(C)C)CC3)c2C)c(=O)[nH]1. The lowest BCUT2D eigenvalue weighted by molar-refractivity contribution is 0.0205. The number of likely N-dealkylation sites (tertiary alicyclic amines) is 1. The molecule has 0 unspecified atom stereocenters. The number of hydrogen-bond donors (Lipinski definition) is 2. The first-order valence-electron chi connectivity index (χ1n) is 14.1. The van der Waals surface area contributed by atoms with Crippen molar-refractivity contribution >= 4 is 17.7 Å². The molecule has 3 heterocycles. The lowest BCUT2D eigenvalue weighted by atomic mass is 9.96. The number of piperidine rings is 1. The predicted octanol–water partition coefficient (Wildman–Crippen LogP) is 4.47. The van der Waals surface area contributed by atoms with Crippen LogP contribution in [0, 0.1) is 20.8 Å². The van der Waals surface area contributed by atoms with Crippen molar-refractivity contribution in [3.8, 4) is 11.1 Å². The van der Waals surface area contributed by atoms with E-state index in [9.17, 15) is 14.4 Å². The third-order valence-electron chi connectivity index (χ3n) is 7.63. The number of H-pyrrole nitrogens is 1. The third-order valence-corrected chi connectivity index (χ3v) is 7.63. The van der Waals surface area contributed by atoms with Crippen LogP contribution in [0.5, 0.6) is 0 Å². The molecule has 0 aliphatic carbocycles. The van der Waals surface area contributed by atoms with Gasteiger partial charge in [-0.05, 0) is 89.3 Å². The number of nitrogens with zero attached hydrogens (tertiary/aromatic N) is 4. The Morgan fingerprint density at radius 2 is 1.80 bits per heavy atom. The number of pyridine rings is 1. The molecule has 1 aliphatic rings. The van der Waals surface area contributed by atoms with E-state index in [1.807, 2.05) is 74.0 Å². The van der Waals surface area contributed by atoms with E-state index < -0.39 is 5.60 Å². The first-order chi connectivity index (χ1) is 19.2. The zero-order chi connectivity index (χ0) is 30.1. The zero-order valence-electron chi connectivity index (χ0n) is 25.4. The molecular weight excluding hydrogens is 520 g/mol. The monoisotopic (exact) mass is 562 g/mol. The first kappa shape index (κ1) is 29.9. The summed E-state index contributed by atoms with van der Waals surface area (Å²) in [5, 5.41) is 7.29. The molecule has 1 aromatic carbocycles. The van der Waals surface area contributed by atoms with Gasteiger partial charge in [0.15, 0.2) is 0 Å². The summed E-state index contributed by atoms with van der Waals surface area (Å²) in [5.74, 6) is -0.248. The van der Waals surface area contributed by atoms with Gasteiger partial charge in [-0.15, -0.1) is 0 Å². The Kier molecular flexibility index (Phi) is 8.60. The van der Waals surface area contributed by atoms with Gasteiger partial charge in [0, 0.05) is 74.0 Å². The van der Waals surface area contributed by atoms with Crippen LogP contribution < -0.4 is 15.8 Å². The fraction of sp³-hybridized carbons (Fsp3) is 0.484. The summed E-state index contributed by atoms with van der Waals surface area (Å²) in [6.07, 6.45) is 4.98. The van der Waals surface area contributed by atoms with E-state index in [0.717, 1.165) is 46.5 Å². The number of carbonyl (C=O) groups is 2. The smallest absolute Gasteiger partial charge is 0.410 e. The highest BCUT2D eigenvalue weighted by molar-refractivity contribution is 5.98. The molecule has 1 saturated heterocycles. The number of aryl methyl sites for hydroxylation is 3. The molecule has 41 heavy (non-hydrogen) atoms. The Morgan fingerprint density at radius 3 is 2.39 bits per heavy atom. The van der Waals surface area contributed by atoms with Crippen LogP contribution in [0.15, 0.2) is 35.4 Å². The van der Waals surface area contributed by atoms with Gasteiger partial charge >= 0.3 is 6.09 Å². The summed E-state index contributed by atoms with van der Waals surface area (Å²) >= 11 is 0. The number of ether oxygens (including phenoxy) is 1. The third kappa shape index (κ3) is 6.99. The Labute approximate surface area is 241 Å². The van der Waals surface area contributed by atoms with Crippen molar-refractivity contribution in [2.75, 3.05) is 25.0 Å². The highest BCUT2D eigenvalue weighted by atomic mass is 16.6. The standard InChI is InChI=1S/C31H42N6O4/c1-19-13-20(2)34-29(39)26(19)17-32-28(38)25-14-22(23-16-33-35(7)18-23)15-27(21(25)3)36(8)24-9-11-37(12-10-24)30(40)41-31(4,5)6/h13-16,18,24H,9-12,17H2,1-8H3,(H,32,38)(H,34,39). The molecule has 0 atom stereocenters. The fourth-order valence-electron chi connectivity index (χ4n) is 5.36. The fourth-order valence-corrected chi connectivity index (χ4v) is 5.36. The largest absolute Gasteiger partial charge is 0.444 e. The number of hydrogen-bond acceptors (Lipinski definition) is 6. The molecule has 10 nitrogen and oxygen atoms in total. The van der Waals surface area contributed by atoms with E-state index >= 15 is 0 Å². The number of benzene rings is 1. The lowest BCUT2D eigenvalue weighted by Gasteiger charge is -2.39. The van der Waals surface area contributed by atoms with Crippen molar-refractivity contribution < 1.29 is 14.3 Å². The minimum absolute atomic E-state index is 0.130. The van der Waals surface area contributed by atoms with Crippen LogP contribution >= 0.6 is 0 Å². The van der Waals surface area contributed by atoms with E-state index in [0.29, 0.717) is 24.2 Å². The molecule has 3 aromatic rings. The number of rotatable bonds is 6. The van der Waals surface area contributed by atoms with Gasteiger partial charge in [0.1, 0.15) is 5.60 Å². The molecule has 220 valence electrons. The van der Waals surface area contributed by atoms with Gasteiger partial charge in [-0.3, -0.25) is 14.3 Å². The van der Waals surface area contributed by atoms with Crippen LogP contribution in [0.3, 0.4) is 0 Å². The quantitative estimate of drug-likeness (QED) is 0.459. The van der Waals surface area contributed by atoms with Crippen LogP contribution in [0.4, 0.5) is 10.5 Å². The highest BCUT2D eigenvalue weighted by Gasteiger charge is 2.30. The van der Waals surface area contributed by atoms with Gasteiger partial charge < -0.3 is 24.8 Å². The summed E-state index contributed by atoms with van der Waals surface area (Å²) < 4.78 is 7.29. The normalized spacial score (nSPS) is 14.2. The van der Waals surface area contributed by atoms with Gasteiger partial charge in [-0.1, -0.05) is 0 Å². The molecule has 2 N–H and O–H groups in total. The van der Waals surface area contributed by atoms with Gasteiger partial charge in [0.05, 0.1) is 6.20 Å². The predicted molar refractivity (Wildman–Crippen MR) is 160 cm³/mol. The first-order valence-corrected chi connectivity index (χ1v) is 14.1. The lowest BCUT2D eigenvalue weighted by Crippen LogP contribution is -2.47. The van der Waals surface area contributed by atoms with Crippen molar-refractivity contribution in [3.63, 3.8) is 0 Å². The van der Waals surface area contributed by atoms with Crippen LogP contribution in [-0.2, 0) is 18.3 Å². The van der Waals surface area contributed by atoms with Crippen LogP contribution in [-0.4, -0.2) is 63.4 Å². The Hall–Kier alpha value is -4.08. The molecule has 0 saturated carbocycles. The summed E-state index contributed by atoms with van der Waals surface area (Å²) in [6, 6.07) is 6.06. The van der Waals surface area contributed by atoms with Crippen molar-refractivity contribution in [2.24, 2.45) is 7.05 Å². The van der Waals surface area contributed by atoms with Gasteiger partial charge in [0.2, 0.25) is 0 Å². The van der Waals surface area contributed by atoms with Crippen LogP contribution in [0.25, 0.3) is 11.1 Å². The van der Waals surface area contributed by atoms with E-state index in [4.69, 9.17) is 4.74 Å². The Morgan fingerprint density at radius 1 is 1.12 bits per heavy atom. The molecule has 1 fully saturated rings. The summed E-state index contributed by atoms with van der Waals surface area (Å²) in [5.41, 5.74) is 5.56. The molecule has 0 spiro atoms. The number of nitrogens with one attached hydrogen (secondary N) is 2. The number of aromatic amines is 1. The molecule has 1 aliphatic heterocycles. The van der Waals surface area contributed by atoms with E-state index in [-0.39, 0.29) is 30.1 Å². The van der Waals surface area contributed by atoms with E-state index in [1.54, 1.807) is 15.8 Å². The van der Waals surface area contributed by atoms with Crippen molar-refractivity contribution in [1.82, 2.24) is 25.0 Å². The maximum Gasteiger partial charge on any atom is 0.410 e. The molecule has 2 amide bonds. The second kappa shape index (κ2) is 11.8. The summed E-state index contributed by atoms with van der Waals surface area (Å²) in [7, 11) is 3.90. The molecule has 0 radical (unpaired) electrons. The van der Waals surface area contributed by atoms with Crippen molar-refractivity contribution in [2.45, 2.75) is 72.6 Å². The molecule has 2 aromatic heterocycles. The van der Waals surface area contributed by atoms with Gasteiger partial charge in [-0.25, -0.2) is 4.79 Å². The number of carbonyl (C=O) groups excluding carboxylic acids is 2. The number of amides is 2. The van der Waals surface area contributed by atoms with Crippen LogP contribution in [0.1, 0.15) is 66.4 Å². The second-order valence-corrected chi connectivity index (χ2v) is 12.0. The summed E-state index contributed by atoms with van der Waals surface area (Å²) in [6.45, 7) is 12.6. The average Bonchev–Trinajstić information content (AvgIpc) is 3.33. The van der Waals surface area contributed by atoms with E-state index in [1.165, 1.54) is 0 Å². The minimum Gasteiger partial charge on any atom is -0.444 e. The molecule has 0 bridgehead atoms. The molecule has 4 rings (SSSR count). The van der Waals surface area contributed by atoms with E-state index in [2.05, 4.69) is 26.4 Å². The minimum atomic E-state index is -0.531. The summed E-state index contributed by atoms with van der Waals surface area (Å²) in [4.78, 5) is 45.5. The van der Waals surface area contributed by atoms with Gasteiger partial charge in [0.25, 0.3) is 11.5 Å². The average molecular weight is 563 g/mol. The number of aromatic nitrogens is 3. The van der Waals surface area contributed by atoms with Crippen molar-refractivity contribution in [1.29, 1.82) is 0 Å². The molecule has 10 heteroatoms. The van der Waals surface area contributed by atoms with Crippen molar-refractivity contribution in [3.05, 3.63) is 68.9 Å².